The number of rotatable bonds is 6. The van der Waals surface area contributed by atoms with Crippen LogP contribution in [0.25, 0.3) is 6.08 Å². The third-order valence-corrected chi connectivity index (χ3v) is 2.68. The van der Waals surface area contributed by atoms with Crippen LogP contribution in [0.2, 0.25) is 10.0 Å². The van der Waals surface area contributed by atoms with Gasteiger partial charge in [0, 0.05) is 16.7 Å². The highest BCUT2D eigenvalue weighted by atomic mass is 35.5. The van der Waals surface area contributed by atoms with Crippen molar-refractivity contribution in [2.45, 2.75) is 0 Å². The Kier molecular flexibility index (Phi) is 6.60. The minimum Gasteiger partial charge on any atom is -0.482 e. The number of amides is 1. The molecule has 1 aromatic carbocycles. The summed E-state index contributed by atoms with van der Waals surface area (Å²) in [5.41, 5.74) is 0.347. The van der Waals surface area contributed by atoms with Gasteiger partial charge in [0.15, 0.2) is 6.61 Å². The van der Waals surface area contributed by atoms with E-state index in [0.717, 1.165) is 6.08 Å². The predicted molar refractivity (Wildman–Crippen MR) is 80.5 cm³/mol. The van der Waals surface area contributed by atoms with Crippen LogP contribution in [-0.4, -0.2) is 30.1 Å². The molecular formula is C14H11Cl2NO4. The van der Waals surface area contributed by atoms with Gasteiger partial charge in [-0.2, -0.15) is 0 Å². The fourth-order valence-electron chi connectivity index (χ4n) is 1.36. The maximum atomic E-state index is 11.4. The minimum atomic E-state index is -1.14. The Labute approximate surface area is 131 Å². The van der Waals surface area contributed by atoms with E-state index in [1.807, 2.05) is 0 Å². The molecule has 2 N–H and O–H groups in total. The Morgan fingerprint density at radius 1 is 1.43 bits per heavy atom. The molecule has 1 rings (SSSR count). The van der Waals surface area contributed by atoms with Gasteiger partial charge in [-0.15, -0.1) is 6.42 Å². The Morgan fingerprint density at radius 2 is 2.14 bits per heavy atom. The Morgan fingerprint density at radius 3 is 2.76 bits per heavy atom. The van der Waals surface area contributed by atoms with Crippen LogP contribution in [0, 0.1) is 12.3 Å². The normalized spacial score (nSPS) is 10.1. The van der Waals surface area contributed by atoms with Crippen molar-refractivity contribution < 1.29 is 19.4 Å². The Balaban J connectivity index is 2.92. The zero-order valence-corrected chi connectivity index (χ0v) is 12.2. The van der Waals surface area contributed by atoms with E-state index in [2.05, 4.69) is 11.2 Å². The van der Waals surface area contributed by atoms with Crippen LogP contribution in [0.1, 0.15) is 5.56 Å². The summed E-state index contributed by atoms with van der Waals surface area (Å²) in [6, 6.07) is 2.90. The van der Waals surface area contributed by atoms with E-state index in [-0.39, 0.29) is 23.9 Å². The van der Waals surface area contributed by atoms with Crippen LogP contribution >= 0.6 is 23.2 Å². The highest BCUT2D eigenvalue weighted by molar-refractivity contribution is 6.36. The summed E-state index contributed by atoms with van der Waals surface area (Å²) in [6.07, 6.45) is 7.19. The van der Waals surface area contributed by atoms with E-state index in [0.29, 0.717) is 10.6 Å². The van der Waals surface area contributed by atoms with Crippen LogP contribution in [0.4, 0.5) is 0 Å². The molecule has 0 atom stereocenters. The van der Waals surface area contributed by atoms with Gasteiger partial charge < -0.3 is 15.2 Å². The quantitative estimate of drug-likeness (QED) is 0.620. The Hall–Kier alpha value is -2.16. The molecule has 0 radical (unpaired) electrons. The number of ether oxygens (including phenoxy) is 1. The van der Waals surface area contributed by atoms with Gasteiger partial charge in [0.2, 0.25) is 0 Å². The molecule has 0 saturated carbocycles. The van der Waals surface area contributed by atoms with Gasteiger partial charge >= 0.3 is 5.97 Å². The molecule has 0 aliphatic rings. The summed E-state index contributed by atoms with van der Waals surface area (Å²) < 4.78 is 5.30. The molecule has 0 heterocycles. The molecule has 5 nitrogen and oxygen atoms in total. The van der Waals surface area contributed by atoms with Crippen molar-refractivity contribution in [1.82, 2.24) is 5.32 Å². The molecule has 1 amide bonds. The number of carboxylic acids is 1. The number of carbonyl (C=O) groups is 2. The average molecular weight is 328 g/mol. The van der Waals surface area contributed by atoms with Crippen molar-refractivity contribution in [2.75, 3.05) is 13.2 Å². The average Bonchev–Trinajstić information content (AvgIpc) is 2.41. The number of carbonyl (C=O) groups excluding carboxylic acids is 1. The van der Waals surface area contributed by atoms with Crippen LogP contribution in [-0.2, 0) is 9.59 Å². The lowest BCUT2D eigenvalue weighted by Crippen LogP contribution is -2.29. The smallest absolute Gasteiger partial charge is 0.328 e. The molecule has 0 aliphatic carbocycles. The number of hydrogen-bond acceptors (Lipinski definition) is 3. The van der Waals surface area contributed by atoms with Crippen LogP contribution < -0.4 is 10.1 Å². The van der Waals surface area contributed by atoms with E-state index in [1.54, 1.807) is 0 Å². The predicted octanol–water partition coefficient (Wildman–Crippen LogP) is 2.22. The van der Waals surface area contributed by atoms with Gasteiger partial charge in [-0.05, 0) is 18.2 Å². The Bertz CT molecular complexity index is 620. The van der Waals surface area contributed by atoms with E-state index in [1.165, 1.54) is 18.2 Å². The molecule has 110 valence electrons. The lowest BCUT2D eigenvalue weighted by molar-refractivity contribution is -0.131. The molecule has 0 saturated heterocycles. The van der Waals surface area contributed by atoms with Gasteiger partial charge in [-0.3, -0.25) is 4.79 Å². The first kappa shape index (κ1) is 16.9. The van der Waals surface area contributed by atoms with Crippen molar-refractivity contribution in [3.63, 3.8) is 0 Å². The number of aliphatic carboxylic acids is 1. The lowest BCUT2D eigenvalue weighted by atomic mass is 10.2. The maximum absolute atomic E-state index is 11.4. The third kappa shape index (κ3) is 5.78. The fraction of sp³-hybridized carbons (Fsp3) is 0.143. The second-order valence-corrected chi connectivity index (χ2v) is 4.59. The second kappa shape index (κ2) is 8.20. The largest absolute Gasteiger partial charge is 0.482 e. The molecule has 7 heteroatoms. The maximum Gasteiger partial charge on any atom is 0.328 e. The number of hydrogen-bond donors (Lipinski definition) is 2. The highest BCUT2D eigenvalue weighted by Crippen LogP contribution is 2.33. The number of halogens is 2. The van der Waals surface area contributed by atoms with Crippen LogP contribution in [0.3, 0.4) is 0 Å². The van der Waals surface area contributed by atoms with Gasteiger partial charge in [0.1, 0.15) is 5.75 Å². The summed E-state index contributed by atoms with van der Waals surface area (Å²) >= 11 is 11.8. The van der Waals surface area contributed by atoms with Crippen molar-refractivity contribution in [3.05, 3.63) is 33.8 Å². The zero-order valence-electron chi connectivity index (χ0n) is 10.7. The van der Waals surface area contributed by atoms with Gasteiger partial charge in [0.05, 0.1) is 11.6 Å². The first-order valence-electron chi connectivity index (χ1n) is 5.67. The molecule has 0 unspecified atom stereocenters. The second-order valence-electron chi connectivity index (χ2n) is 3.75. The topological polar surface area (TPSA) is 75.6 Å². The summed E-state index contributed by atoms with van der Waals surface area (Å²) in [5.74, 6) is 0.855. The number of benzene rings is 1. The highest BCUT2D eigenvalue weighted by Gasteiger charge is 2.11. The minimum absolute atomic E-state index is 0.0856. The van der Waals surface area contributed by atoms with E-state index in [9.17, 15) is 9.59 Å². The first-order valence-corrected chi connectivity index (χ1v) is 6.42. The third-order valence-electron chi connectivity index (χ3n) is 2.18. The number of nitrogens with one attached hydrogen (secondary N) is 1. The number of carboxylic acid groups (broad SMARTS) is 1. The standard InChI is InChI=1S/C14H11Cl2NO4/c1-2-5-17-12(18)8-21-14-9(3-4-13(19)20)6-10(15)7-11(14)16/h1,3-4,6-7H,5,8H2,(H,17,18)(H,19,20)/b4-3+. The van der Waals surface area contributed by atoms with Gasteiger partial charge in [-0.1, -0.05) is 29.1 Å². The van der Waals surface area contributed by atoms with Gasteiger partial charge in [-0.25, -0.2) is 4.79 Å². The summed E-state index contributed by atoms with van der Waals surface area (Å²) in [4.78, 5) is 22.0. The summed E-state index contributed by atoms with van der Waals surface area (Å²) in [6.45, 7) is -0.223. The first-order chi connectivity index (χ1) is 9.93. The monoisotopic (exact) mass is 327 g/mol. The van der Waals surface area contributed by atoms with E-state index >= 15 is 0 Å². The van der Waals surface area contributed by atoms with Crippen molar-refractivity contribution in [2.24, 2.45) is 0 Å². The molecule has 21 heavy (non-hydrogen) atoms. The van der Waals surface area contributed by atoms with Crippen molar-refractivity contribution in [1.29, 1.82) is 0 Å². The number of terminal acetylenes is 1. The molecule has 0 bridgehead atoms. The molecule has 1 aromatic rings. The van der Waals surface area contributed by atoms with Crippen molar-refractivity contribution in [3.8, 4) is 18.1 Å². The van der Waals surface area contributed by atoms with E-state index in [4.69, 9.17) is 39.5 Å². The molecule has 0 fully saturated rings. The molecule has 0 aliphatic heterocycles. The van der Waals surface area contributed by atoms with E-state index < -0.39 is 11.9 Å². The zero-order chi connectivity index (χ0) is 15.8. The molecule has 0 spiro atoms. The lowest BCUT2D eigenvalue weighted by Gasteiger charge is -2.11. The van der Waals surface area contributed by atoms with Crippen molar-refractivity contribution >= 4 is 41.2 Å². The molecular weight excluding hydrogens is 317 g/mol. The summed E-state index contributed by atoms with van der Waals surface area (Å²) in [5, 5.41) is 11.5. The SMILES string of the molecule is C#CCNC(=O)COc1c(Cl)cc(Cl)cc1/C=C/C(=O)O. The molecule has 0 aromatic heterocycles. The summed E-state index contributed by atoms with van der Waals surface area (Å²) in [7, 11) is 0. The van der Waals surface area contributed by atoms with Crippen LogP contribution in [0.5, 0.6) is 5.75 Å². The fourth-order valence-corrected chi connectivity index (χ4v) is 1.92. The van der Waals surface area contributed by atoms with Gasteiger partial charge in [0.25, 0.3) is 5.91 Å². The van der Waals surface area contributed by atoms with Crippen LogP contribution in [0.15, 0.2) is 18.2 Å².